The van der Waals surface area contributed by atoms with Gasteiger partial charge in [-0.1, -0.05) is 28.4 Å². The number of hydrogen-bond donors (Lipinski definition) is 3. The lowest BCUT2D eigenvalue weighted by molar-refractivity contribution is 0.0652. The quantitative estimate of drug-likeness (QED) is 0.744. The smallest absolute Gasteiger partial charge is 0.374 e. The Labute approximate surface area is 153 Å². The molecule has 0 bridgehead atoms. The summed E-state index contributed by atoms with van der Waals surface area (Å²) in [6.45, 7) is 2.98. The lowest BCUT2D eigenvalue weighted by atomic mass is 10.0. The molecule has 2 aromatic heterocycles. The number of carbonyl (C=O) groups excluding carboxylic acids is 1. The zero-order valence-corrected chi connectivity index (χ0v) is 14.8. The molecular weight excluding hydrogens is 371 g/mol. The molecule has 1 aliphatic rings. The normalized spacial score (nSPS) is 15.4. The van der Waals surface area contributed by atoms with Gasteiger partial charge in [0.1, 0.15) is 5.69 Å². The summed E-state index contributed by atoms with van der Waals surface area (Å²) in [5, 5.41) is 16.1. The van der Waals surface area contributed by atoms with E-state index in [0.29, 0.717) is 42.5 Å². The summed E-state index contributed by atoms with van der Waals surface area (Å²) >= 11 is 12.0. The standard InChI is InChI=1S/C15H16Cl2N4O4/c1-7-11(16)12(17)13(18-7)14(22)19-8-2-4-21(5-3-8)10-6-9(15(23)24)25-20-10/h6,8,18H,2-5H2,1H3,(H,19,22)(H,23,24). The van der Waals surface area contributed by atoms with E-state index in [2.05, 4.69) is 15.5 Å². The largest absolute Gasteiger partial charge is 0.475 e. The topological polar surface area (TPSA) is 111 Å². The van der Waals surface area contributed by atoms with Crippen molar-refractivity contribution in [2.24, 2.45) is 0 Å². The van der Waals surface area contributed by atoms with Gasteiger partial charge in [0.05, 0.1) is 10.0 Å². The molecule has 8 nitrogen and oxygen atoms in total. The third kappa shape index (κ3) is 3.59. The van der Waals surface area contributed by atoms with Crippen LogP contribution in [0.5, 0.6) is 0 Å². The highest BCUT2D eigenvalue weighted by atomic mass is 35.5. The number of aryl methyl sites for hydroxylation is 1. The summed E-state index contributed by atoms with van der Waals surface area (Å²) in [5.74, 6) is -1.17. The number of nitrogens with zero attached hydrogens (tertiary/aromatic N) is 2. The minimum atomic E-state index is -1.15. The first-order valence-electron chi connectivity index (χ1n) is 7.66. The van der Waals surface area contributed by atoms with Gasteiger partial charge in [-0.05, 0) is 19.8 Å². The molecule has 3 heterocycles. The fourth-order valence-electron chi connectivity index (χ4n) is 2.75. The SMILES string of the molecule is Cc1[nH]c(C(=O)NC2CCN(c3cc(C(=O)O)on3)CC2)c(Cl)c1Cl. The number of halogens is 2. The molecule has 3 N–H and O–H groups in total. The highest BCUT2D eigenvalue weighted by Gasteiger charge is 2.26. The van der Waals surface area contributed by atoms with E-state index in [0.717, 1.165) is 0 Å². The van der Waals surface area contributed by atoms with Gasteiger partial charge in [-0.3, -0.25) is 4.79 Å². The maximum Gasteiger partial charge on any atom is 0.374 e. The van der Waals surface area contributed by atoms with E-state index < -0.39 is 5.97 Å². The van der Waals surface area contributed by atoms with Crippen LogP contribution in [0.25, 0.3) is 0 Å². The van der Waals surface area contributed by atoms with E-state index in [-0.39, 0.29) is 28.4 Å². The van der Waals surface area contributed by atoms with Crippen LogP contribution in [0.15, 0.2) is 10.6 Å². The summed E-state index contributed by atoms with van der Waals surface area (Å²) in [7, 11) is 0. The van der Waals surface area contributed by atoms with Crippen molar-refractivity contribution >= 4 is 40.9 Å². The second-order valence-corrected chi connectivity index (χ2v) is 6.60. The molecule has 2 aromatic rings. The Morgan fingerprint density at radius 3 is 2.56 bits per heavy atom. The molecule has 0 radical (unpaired) electrons. The van der Waals surface area contributed by atoms with E-state index in [1.54, 1.807) is 6.92 Å². The lowest BCUT2D eigenvalue weighted by Crippen LogP contribution is -2.45. The van der Waals surface area contributed by atoms with Gasteiger partial charge in [0.25, 0.3) is 5.91 Å². The van der Waals surface area contributed by atoms with Gasteiger partial charge in [-0.2, -0.15) is 0 Å². The van der Waals surface area contributed by atoms with E-state index in [9.17, 15) is 9.59 Å². The Balaban J connectivity index is 1.57. The first-order valence-corrected chi connectivity index (χ1v) is 8.41. The zero-order valence-electron chi connectivity index (χ0n) is 13.3. The van der Waals surface area contributed by atoms with E-state index >= 15 is 0 Å². The number of rotatable bonds is 4. The minimum Gasteiger partial charge on any atom is -0.475 e. The Hall–Kier alpha value is -2.19. The summed E-state index contributed by atoms with van der Waals surface area (Å²) in [6, 6.07) is 1.37. The fraction of sp³-hybridized carbons (Fsp3) is 0.400. The molecule has 0 unspecified atom stereocenters. The van der Waals surface area contributed by atoms with E-state index in [1.165, 1.54) is 6.07 Å². The summed E-state index contributed by atoms with van der Waals surface area (Å²) in [4.78, 5) is 28.0. The van der Waals surface area contributed by atoms with Crippen LogP contribution in [-0.2, 0) is 0 Å². The van der Waals surface area contributed by atoms with Gasteiger partial charge >= 0.3 is 5.97 Å². The molecule has 0 saturated carbocycles. The number of aromatic amines is 1. The fourth-order valence-corrected chi connectivity index (χ4v) is 3.17. The van der Waals surface area contributed by atoms with Gasteiger partial charge in [0, 0.05) is 30.9 Å². The van der Waals surface area contributed by atoms with Crippen molar-refractivity contribution in [1.82, 2.24) is 15.5 Å². The number of piperidine rings is 1. The number of anilines is 1. The molecule has 134 valence electrons. The number of nitrogens with one attached hydrogen (secondary N) is 2. The van der Waals surface area contributed by atoms with Gasteiger partial charge in [-0.15, -0.1) is 0 Å². The molecule has 10 heteroatoms. The highest BCUT2D eigenvalue weighted by Crippen LogP contribution is 2.29. The number of aromatic carboxylic acids is 1. The second kappa shape index (κ2) is 6.97. The van der Waals surface area contributed by atoms with E-state index in [4.69, 9.17) is 32.8 Å². The third-order valence-corrected chi connectivity index (χ3v) is 5.09. The Bertz CT molecular complexity index is 809. The average molecular weight is 387 g/mol. The molecule has 1 amide bonds. The maximum atomic E-state index is 12.3. The van der Waals surface area contributed by atoms with Gasteiger partial charge in [0.2, 0.25) is 5.76 Å². The molecule has 1 aliphatic heterocycles. The number of carboxylic acids is 1. The van der Waals surface area contributed by atoms with Crippen molar-refractivity contribution in [2.75, 3.05) is 18.0 Å². The van der Waals surface area contributed by atoms with E-state index in [1.807, 2.05) is 4.90 Å². The van der Waals surface area contributed by atoms with Crippen LogP contribution in [0.2, 0.25) is 10.0 Å². The predicted molar refractivity (Wildman–Crippen MR) is 91.7 cm³/mol. The number of aromatic nitrogens is 2. The van der Waals surface area contributed by atoms with Gasteiger partial charge in [-0.25, -0.2) is 4.79 Å². The molecule has 1 fully saturated rings. The monoisotopic (exact) mass is 386 g/mol. The van der Waals surface area contributed by atoms with Gasteiger partial charge in [0.15, 0.2) is 5.82 Å². The van der Waals surface area contributed by atoms with Crippen LogP contribution in [0.4, 0.5) is 5.82 Å². The van der Waals surface area contributed by atoms with Gasteiger partial charge < -0.3 is 24.8 Å². The van der Waals surface area contributed by atoms with Crippen molar-refractivity contribution in [2.45, 2.75) is 25.8 Å². The Morgan fingerprint density at radius 1 is 1.36 bits per heavy atom. The molecule has 0 aromatic carbocycles. The van der Waals surface area contributed by atoms with Crippen LogP contribution in [0, 0.1) is 6.92 Å². The maximum absolute atomic E-state index is 12.3. The zero-order chi connectivity index (χ0) is 18.1. The number of carboxylic acid groups (broad SMARTS) is 1. The molecule has 1 saturated heterocycles. The Morgan fingerprint density at radius 2 is 2.04 bits per heavy atom. The predicted octanol–water partition coefficient (Wildman–Crippen LogP) is 2.71. The summed E-state index contributed by atoms with van der Waals surface area (Å²) in [6.07, 6.45) is 1.37. The van der Waals surface area contributed by atoms with Crippen molar-refractivity contribution in [3.05, 3.63) is 33.3 Å². The Kier molecular flexibility index (Phi) is 4.91. The second-order valence-electron chi connectivity index (χ2n) is 5.84. The van der Waals surface area contributed by atoms with Crippen molar-refractivity contribution in [3.63, 3.8) is 0 Å². The van der Waals surface area contributed by atoms with Crippen LogP contribution >= 0.6 is 23.2 Å². The molecule has 25 heavy (non-hydrogen) atoms. The number of hydrogen-bond acceptors (Lipinski definition) is 5. The molecule has 3 rings (SSSR count). The minimum absolute atomic E-state index is 0.0203. The molecular formula is C15H16Cl2N4O4. The van der Waals surface area contributed by atoms with Crippen LogP contribution in [0.3, 0.4) is 0 Å². The third-order valence-electron chi connectivity index (χ3n) is 4.14. The first-order chi connectivity index (χ1) is 11.9. The number of amides is 1. The summed E-state index contributed by atoms with van der Waals surface area (Å²) < 4.78 is 4.76. The number of H-pyrrole nitrogens is 1. The molecule has 0 atom stereocenters. The van der Waals surface area contributed by atoms with Crippen molar-refractivity contribution in [3.8, 4) is 0 Å². The molecule has 0 spiro atoms. The first kappa shape index (κ1) is 17.6. The lowest BCUT2D eigenvalue weighted by Gasteiger charge is -2.32. The average Bonchev–Trinajstić information content (AvgIpc) is 3.17. The van der Waals surface area contributed by atoms with Crippen LogP contribution in [0.1, 0.15) is 39.6 Å². The van der Waals surface area contributed by atoms with Crippen molar-refractivity contribution < 1.29 is 19.2 Å². The number of carbonyl (C=O) groups is 2. The van der Waals surface area contributed by atoms with Crippen LogP contribution < -0.4 is 10.2 Å². The highest BCUT2D eigenvalue weighted by molar-refractivity contribution is 6.44. The summed E-state index contributed by atoms with van der Waals surface area (Å²) in [5.41, 5.74) is 0.904. The van der Waals surface area contributed by atoms with Crippen molar-refractivity contribution in [1.29, 1.82) is 0 Å². The molecule has 0 aliphatic carbocycles. The van der Waals surface area contributed by atoms with Crippen LogP contribution in [-0.4, -0.2) is 46.3 Å².